The summed E-state index contributed by atoms with van der Waals surface area (Å²) >= 11 is 5.80. The number of phenolic OH excluding ortho intramolecular Hbond substituents is 1. The molecule has 0 atom stereocenters. The standard InChI is InChI=1S/C15H12ClF2NO3/c16-12-8-10(3-6-13(12)22-15(17)18)19-14(21)7-9-1-4-11(20)5-2-9/h1-6,8,15,20H,7H2,(H,19,21). The molecule has 2 rings (SSSR count). The molecular formula is C15H12ClF2NO3. The lowest BCUT2D eigenvalue weighted by Gasteiger charge is -2.09. The second-order valence-corrected chi connectivity index (χ2v) is 4.82. The number of rotatable bonds is 5. The van der Waals surface area contributed by atoms with Gasteiger partial charge in [0.25, 0.3) is 0 Å². The molecule has 4 nitrogen and oxygen atoms in total. The average molecular weight is 328 g/mol. The molecule has 0 radical (unpaired) electrons. The quantitative estimate of drug-likeness (QED) is 0.877. The Hall–Kier alpha value is -2.34. The summed E-state index contributed by atoms with van der Waals surface area (Å²) in [6.45, 7) is -2.97. The van der Waals surface area contributed by atoms with E-state index in [0.717, 1.165) is 5.56 Å². The zero-order chi connectivity index (χ0) is 16.1. The van der Waals surface area contributed by atoms with Gasteiger partial charge in [-0.2, -0.15) is 8.78 Å². The topological polar surface area (TPSA) is 58.6 Å². The number of anilines is 1. The maximum Gasteiger partial charge on any atom is 0.387 e. The van der Waals surface area contributed by atoms with Crippen molar-refractivity contribution >= 4 is 23.2 Å². The highest BCUT2D eigenvalue weighted by atomic mass is 35.5. The van der Waals surface area contributed by atoms with E-state index in [1.807, 2.05) is 0 Å². The number of phenols is 1. The Bertz CT molecular complexity index is 662. The van der Waals surface area contributed by atoms with Crippen molar-refractivity contribution in [3.63, 3.8) is 0 Å². The van der Waals surface area contributed by atoms with Crippen LogP contribution in [0.5, 0.6) is 11.5 Å². The number of carbonyl (C=O) groups excluding carboxylic acids is 1. The molecular weight excluding hydrogens is 316 g/mol. The van der Waals surface area contributed by atoms with Gasteiger partial charge < -0.3 is 15.2 Å². The highest BCUT2D eigenvalue weighted by Gasteiger charge is 2.10. The van der Waals surface area contributed by atoms with Gasteiger partial charge in [0.15, 0.2) is 0 Å². The Morgan fingerprint density at radius 3 is 2.50 bits per heavy atom. The summed E-state index contributed by atoms with van der Waals surface area (Å²) in [7, 11) is 0. The SMILES string of the molecule is O=C(Cc1ccc(O)cc1)Nc1ccc(OC(F)F)c(Cl)c1. The lowest BCUT2D eigenvalue weighted by atomic mass is 10.1. The Morgan fingerprint density at radius 2 is 1.91 bits per heavy atom. The number of benzene rings is 2. The zero-order valence-electron chi connectivity index (χ0n) is 11.2. The van der Waals surface area contributed by atoms with Crippen molar-refractivity contribution in [3.8, 4) is 11.5 Å². The van der Waals surface area contributed by atoms with Crippen LogP contribution < -0.4 is 10.1 Å². The largest absolute Gasteiger partial charge is 0.508 e. The summed E-state index contributed by atoms with van der Waals surface area (Å²) in [6.07, 6.45) is 0.104. The fourth-order valence-corrected chi connectivity index (χ4v) is 2.00. The van der Waals surface area contributed by atoms with Gasteiger partial charge in [-0.25, -0.2) is 0 Å². The van der Waals surface area contributed by atoms with E-state index in [-0.39, 0.29) is 28.8 Å². The van der Waals surface area contributed by atoms with E-state index in [2.05, 4.69) is 10.1 Å². The Morgan fingerprint density at radius 1 is 1.23 bits per heavy atom. The smallest absolute Gasteiger partial charge is 0.387 e. The molecule has 0 saturated heterocycles. The Kier molecular flexibility index (Phi) is 5.16. The Labute approximate surface area is 130 Å². The van der Waals surface area contributed by atoms with E-state index < -0.39 is 6.61 Å². The van der Waals surface area contributed by atoms with E-state index in [0.29, 0.717) is 5.69 Å². The minimum atomic E-state index is -2.97. The van der Waals surface area contributed by atoms with Crippen LogP contribution in [0.15, 0.2) is 42.5 Å². The molecule has 0 spiro atoms. The second kappa shape index (κ2) is 7.09. The first kappa shape index (κ1) is 16.0. The number of amides is 1. The summed E-state index contributed by atoms with van der Waals surface area (Å²) in [4.78, 5) is 11.9. The normalized spacial score (nSPS) is 10.5. The van der Waals surface area contributed by atoms with E-state index in [9.17, 15) is 13.6 Å². The molecule has 0 unspecified atom stereocenters. The molecule has 0 aliphatic rings. The van der Waals surface area contributed by atoms with Crippen molar-refractivity contribution in [2.45, 2.75) is 13.0 Å². The number of halogens is 3. The van der Waals surface area contributed by atoms with Gasteiger partial charge in [-0.3, -0.25) is 4.79 Å². The number of nitrogens with one attached hydrogen (secondary N) is 1. The first-order valence-electron chi connectivity index (χ1n) is 6.26. The third-order valence-electron chi connectivity index (χ3n) is 2.73. The van der Waals surface area contributed by atoms with Crippen LogP contribution in [0.25, 0.3) is 0 Å². The number of alkyl halides is 2. The molecule has 0 saturated carbocycles. The van der Waals surface area contributed by atoms with Gasteiger partial charge in [-0.1, -0.05) is 23.7 Å². The van der Waals surface area contributed by atoms with Gasteiger partial charge >= 0.3 is 6.61 Å². The van der Waals surface area contributed by atoms with E-state index in [1.54, 1.807) is 12.1 Å². The molecule has 7 heteroatoms. The van der Waals surface area contributed by atoms with Crippen molar-refractivity contribution in [2.24, 2.45) is 0 Å². The van der Waals surface area contributed by atoms with Crippen LogP contribution in [0.2, 0.25) is 5.02 Å². The third kappa shape index (κ3) is 4.60. The van der Waals surface area contributed by atoms with Crippen molar-refractivity contribution in [1.29, 1.82) is 0 Å². The van der Waals surface area contributed by atoms with Gasteiger partial charge in [-0.15, -0.1) is 0 Å². The van der Waals surface area contributed by atoms with E-state index in [4.69, 9.17) is 16.7 Å². The van der Waals surface area contributed by atoms with Crippen molar-refractivity contribution < 1.29 is 23.4 Å². The minimum absolute atomic E-state index is 0.0252. The van der Waals surface area contributed by atoms with Gasteiger partial charge in [0, 0.05) is 5.69 Å². The molecule has 0 aliphatic heterocycles. The van der Waals surface area contributed by atoms with Crippen molar-refractivity contribution in [2.75, 3.05) is 5.32 Å². The molecule has 0 fully saturated rings. The lowest BCUT2D eigenvalue weighted by molar-refractivity contribution is -0.115. The minimum Gasteiger partial charge on any atom is -0.508 e. The van der Waals surface area contributed by atoms with Gasteiger partial charge in [0.2, 0.25) is 5.91 Å². The molecule has 0 aromatic heterocycles. The first-order valence-corrected chi connectivity index (χ1v) is 6.64. The first-order chi connectivity index (χ1) is 10.4. The molecule has 2 aromatic carbocycles. The predicted molar refractivity (Wildman–Crippen MR) is 78.5 cm³/mol. The number of ether oxygens (including phenoxy) is 1. The number of hydrogen-bond acceptors (Lipinski definition) is 3. The van der Waals surface area contributed by atoms with Crippen LogP contribution >= 0.6 is 11.6 Å². The summed E-state index contributed by atoms with van der Waals surface area (Å²) in [5.41, 5.74) is 1.09. The summed E-state index contributed by atoms with van der Waals surface area (Å²) in [5.74, 6) is -0.344. The lowest BCUT2D eigenvalue weighted by Crippen LogP contribution is -2.14. The fourth-order valence-electron chi connectivity index (χ4n) is 1.77. The van der Waals surface area contributed by atoms with Crippen molar-refractivity contribution in [3.05, 3.63) is 53.1 Å². The molecule has 0 aliphatic carbocycles. The highest BCUT2D eigenvalue weighted by Crippen LogP contribution is 2.29. The van der Waals surface area contributed by atoms with Crippen LogP contribution in [0, 0.1) is 0 Å². The van der Waals surface area contributed by atoms with E-state index >= 15 is 0 Å². The van der Waals surface area contributed by atoms with Crippen LogP contribution in [0.1, 0.15) is 5.56 Å². The van der Waals surface area contributed by atoms with Gasteiger partial charge in [-0.05, 0) is 35.9 Å². The molecule has 22 heavy (non-hydrogen) atoms. The van der Waals surface area contributed by atoms with Crippen LogP contribution in [-0.4, -0.2) is 17.6 Å². The number of aromatic hydroxyl groups is 1. The zero-order valence-corrected chi connectivity index (χ0v) is 12.0. The Balaban J connectivity index is 1.99. The molecule has 0 bridgehead atoms. The fraction of sp³-hybridized carbons (Fsp3) is 0.133. The predicted octanol–water partition coefficient (Wildman–Crippen LogP) is 3.83. The molecule has 1 amide bonds. The third-order valence-corrected chi connectivity index (χ3v) is 3.03. The molecule has 2 aromatic rings. The van der Waals surface area contributed by atoms with Crippen LogP contribution in [-0.2, 0) is 11.2 Å². The second-order valence-electron chi connectivity index (χ2n) is 4.42. The summed E-state index contributed by atoms with van der Waals surface area (Å²) < 4.78 is 28.4. The van der Waals surface area contributed by atoms with Crippen LogP contribution in [0.3, 0.4) is 0 Å². The molecule has 116 valence electrons. The number of carbonyl (C=O) groups is 1. The number of hydrogen-bond donors (Lipinski definition) is 2. The summed E-state index contributed by atoms with van der Waals surface area (Å²) in [6, 6.07) is 10.2. The monoisotopic (exact) mass is 327 g/mol. The molecule has 2 N–H and O–H groups in total. The maximum atomic E-state index is 12.1. The van der Waals surface area contributed by atoms with E-state index in [1.165, 1.54) is 30.3 Å². The van der Waals surface area contributed by atoms with Gasteiger partial charge in [0.05, 0.1) is 11.4 Å². The highest BCUT2D eigenvalue weighted by molar-refractivity contribution is 6.32. The maximum absolute atomic E-state index is 12.1. The average Bonchev–Trinajstić information content (AvgIpc) is 2.44. The van der Waals surface area contributed by atoms with Crippen molar-refractivity contribution in [1.82, 2.24) is 0 Å². The molecule has 0 heterocycles. The van der Waals surface area contributed by atoms with Gasteiger partial charge in [0.1, 0.15) is 11.5 Å². The summed E-state index contributed by atoms with van der Waals surface area (Å²) in [5, 5.41) is 11.7. The van der Waals surface area contributed by atoms with Crippen LogP contribution in [0.4, 0.5) is 14.5 Å².